The van der Waals surface area contributed by atoms with Crippen LogP contribution in [-0.2, 0) is 28.5 Å². The normalized spacial score (nSPS) is 21.9. The quantitative estimate of drug-likeness (QED) is 0.0344. The Morgan fingerprint density at radius 2 is 1.14 bits per heavy atom. The topological polar surface area (TPSA) is 152 Å². The smallest absolute Gasteiger partial charge is 0.306 e. The number of aliphatic hydroxyl groups is 4. The van der Waals surface area contributed by atoms with Crippen molar-refractivity contribution in [3.8, 4) is 0 Å². The Kier molecular flexibility index (Phi) is 29.2. The van der Waals surface area contributed by atoms with E-state index in [2.05, 4.69) is 62.5 Å². The second-order valence-electron chi connectivity index (χ2n) is 13.0. The third-order valence-corrected chi connectivity index (χ3v) is 8.42. The van der Waals surface area contributed by atoms with E-state index in [-0.39, 0.29) is 26.1 Å². The molecule has 0 spiro atoms. The van der Waals surface area contributed by atoms with Gasteiger partial charge in [-0.25, -0.2) is 0 Å². The number of carbonyl (C=O) groups is 2. The van der Waals surface area contributed by atoms with Crippen LogP contribution in [0.25, 0.3) is 0 Å². The molecule has 1 aliphatic rings. The fourth-order valence-corrected chi connectivity index (χ4v) is 5.29. The fourth-order valence-electron chi connectivity index (χ4n) is 5.29. The second kappa shape index (κ2) is 32.1. The molecule has 0 saturated carbocycles. The van der Waals surface area contributed by atoms with Crippen molar-refractivity contribution in [3.05, 3.63) is 60.8 Å². The standard InChI is InChI=1S/C41H68O10/c1-3-5-7-9-11-12-13-14-15-16-17-18-19-20-21-22-24-26-28-30-37(44)50-34(32-48-36(43)29-27-25-23-10-8-6-4-2)33-49-41-40(47)39(46)38(45)35(31-42)51-41/h11-12,14-15,17-18,20-21,24,26,34-35,38-42,45-47H,3-10,13,16,19,22-23,25,27-33H2,1-2H3/b12-11+,15-14+,18-17+,21-20+,26-24+/t34-,35+,38-,39?,40?,41+/m1/s1. The first-order chi connectivity index (χ1) is 24.8. The van der Waals surface area contributed by atoms with Crippen molar-refractivity contribution < 1.29 is 49.0 Å². The molecular weight excluding hydrogens is 652 g/mol. The average molecular weight is 721 g/mol. The lowest BCUT2D eigenvalue weighted by atomic mass is 9.99. The second-order valence-corrected chi connectivity index (χ2v) is 13.0. The molecule has 1 heterocycles. The molecule has 10 heteroatoms. The first-order valence-corrected chi connectivity index (χ1v) is 19.4. The molecule has 1 fully saturated rings. The maximum Gasteiger partial charge on any atom is 0.306 e. The Bertz CT molecular complexity index is 1020. The Morgan fingerprint density at radius 1 is 0.608 bits per heavy atom. The van der Waals surface area contributed by atoms with E-state index in [0.717, 1.165) is 44.9 Å². The number of aliphatic hydroxyl groups excluding tert-OH is 4. The number of allylic oxidation sites excluding steroid dienone is 10. The number of hydrogen-bond donors (Lipinski definition) is 4. The molecule has 0 aromatic rings. The van der Waals surface area contributed by atoms with Gasteiger partial charge in [-0.05, 0) is 51.4 Å². The number of rotatable bonds is 30. The summed E-state index contributed by atoms with van der Waals surface area (Å²) in [5.74, 6) is -0.917. The van der Waals surface area contributed by atoms with Crippen LogP contribution >= 0.6 is 0 Å². The minimum Gasteiger partial charge on any atom is -0.462 e. The van der Waals surface area contributed by atoms with Crippen LogP contribution in [0.2, 0.25) is 0 Å². The molecule has 4 N–H and O–H groups in total. The monoisotopic (exact) mass is 720 g/mol. The van der Waals surface area contributed by atoms with Crippen LogP contribution in [0, 0.1) is 0 Å². The van der Waals surface area contributed by atoms with Gasteiger partial charge in [-0.1, -0.05) is 126 Å². The van der Waals surface area contributed by atoms with Gasteiger partial charge in [0.1, 0.15) is 31.0 Å². The highest BCUT2D eigenvalue weighted by molar-refractivity contribution is 5.70. The van der Waals surface area contributed by atoms with E-state index in [4.69, 9.17) is 18.9 Å². The largest absolute Gasteiger partial charge is 0.462 e. The molecular formula is C41H68O10. The predicted octanol–water partition coefficient (Wildman–Crippen LogP) is 7.10. The highest BCUT2D eigenvalue weighted by Crippen LogP contribution is 2.22. The van der Waals surface area contributed by atoms with Gasteiger partial charge >= 0.3 is 11.9 Å². The molecule has 0 aromatic heterocycles. The fraction of sp³-hybridized carbons (Fsp3) is 0.707. The van der Waals surface area contributed by atoms with Crippen molar-refractivity contribution in [2.45, 2.75) is 166 Å². The van der Waals surface area contributed by atoms with Gasteiger partial charge in [0.15, 0.2) is 12.4 Å². The van der Waals surface area contributed by atoms with E-state index in [1.807, 2.05) is 12.2 Å². The van der Waals surface area contributed by atoms with Crippen LogP contribution in [0.15, 0.2) is 60.8 Å². The predicted molar refractivity (Wildman–Crippen MR) is 201 cm³/mol. The molecule has 0 amide bonds. The molecule has 1 saturated heterocycles. The highest BCUT2D eigenvalue weighted by atomic mass is 16.7. The van der Waals surface area contributed by atoms with Crippen LogP contribution in [0.5, 0.6) is 0 Å². The van der Waals surface area contributed by atoms with Crippen molar-refractivity contribution in [1.82, 2.24) is 0 Å². The summed E-state index contributed by atoms with van der Waals surface area (Å²) in [4.78, 5) is 25.0. The van der Waals surface area contributed by atoms with E-state index in [0.29, 0.717) is 12.8 Å². The summed E-state index contributed by atoms with van der Waals surface area (Å²) in [6, 6.07) is 0. The molecule has 0 aliphatic carbocycles. The zero-order valence-corrected chi connectivity index (χ0v) is 31.3. The highest BCUT2D eigenvalue weighted by Gasteiger charge is 2.44. The van der Waals surface area contributed by atoms with Gasteiger partial charge in [-0.2, -0.15) is 0 Å². The van der Waals surface area contributed by atoms with E-state index in [9.17, 15) is 30.0 Å². The van der Waals surface area contributed by atoms with Crippen LogP contribution < -0.4 is 0 Å². The average Bonchev–Trinajstić information content (AvgIpc) is 3.13. The van der Waals surface area contributed by atoms with Crippen molar-refractivity contribution in [2.75, 3.05) is 19.8 Å². The van der Waals surface area contributed by atoms with Crippen molar-refractivity contribution in [1.29, 1.82) is 0 Å². The Balaban J connectivity index is 2.43. The number of ether oxygens (including phenoxy) is 4. The zero-order chi connectivity index (χ0) is 37.4. The van der Waals surface area contributed by atoms with Gasteiger partial charge in [0.2, 0.25) is 0 Å². The molecule has 2 unspecified atom stereocenters. The summed E-state index contributed by atoms with van der Waals surface area (Å²) in [7, 11) is 0. The molecule has 292 valence electrons. The minimum atomic E-state index is -1.61. The summed E-state index contributed by atoms with van der Waals surface area (Å²) < 4.78 is 21.9. The van der Waals surface area contributed by atoms with Crippen LogP contribution in [0.1, 0.15) is 129 Å². The van der Waals surface area contributed by atoms with Crippen molar-refractivity contribution >= 4 is 11.9 Å². The Labute approximate surface area is 307 Å². The molecule has 51 heavy (non-hydrogen) atoms. The number of esters is 2. The molecule has 1 aliphatic heterocycles. The SMILES string of the molecule is CCCCC/C=C/C/C=C/C/C=C/C/C=C/C/C=C/CCC(=O)O[C@H](COC(=O)CCCCCCCCC)CO[C@H]1O[C@@H](CO)[C@@H](O)C(O)C1O. The van der Waals surface area contributed by atoms with Crippen LogP contribution in [-0.4, -0.2) is 89.0 Å². The Morgan fingerprint density at radius 3 is 1.73 bits per heavy atom. The van der Waals surface area contributed by atoms with E-state index >= 15 is 0 Å². The van der Waals surface area contributed by atoms with Crippen molar-refractivity contribution in [3.63, 3.8) is 0 Å². The summed E-state index contributed by atoms with van der Waals surface area (Å²) in [6.07, 6.45) is 29.8. The minimum absolute atomic E-state index is 0.105. The van der Waals surface area contributed by atoms with Gasteiger partial charge in [0.25, 0.3) is 0 Å². The first-order valence-electron chi connectivity index (χ1n) is 19.4. The van der Waals surface area contributed by atoms with Crippen LogP contribution in [0.3, 0.4) is 0 Å². The first kappa shape index (κ1) is 46.4. The number of unbranched alkanes of at least 4 members (excludes halogenated alkanes) is 9. The van der Waals surface area contributed by atoms with E-state index in [1.54, 1.807) is 0 Å². The van der Waals surface area contributed by atoms with E-state index < -0.39 is 55.4 Å². The lowest BCUT2D eigenvalue weighted by Crippen LogP contribution is -2.59. The van der Waals surface area contributed by atoms with Crippen molar-refractivity contribution in [2.24, 2.45) is 0 Å². The zero-order valence-electron chi connectivity index (χ0n) is 31.3. The van der Waals surface area contributed by atoms with Gasteiger partial charge in [0, 0.05) is 12.8 Å². The maximum absolute atomic E-state index is 12.6. The lowest BCUT2D eigenvalue weighted by molar-refractivity contribution is -0.305. The summed E-state index contributed by atoms with van der Waals surface area (Å²) in [5.41, 5.74) is 0. The van der Waals surface area contributed by atoms with Gasteiger partial charge < -0.3 is 39.4 Å². The number of carbonyl (C=O) groups excluding carboxylic acids is 2. The van der Waals surface area contributed by atoms with Gasteiger partial charge in [-0.3, -0.25) is 9.59 Å². The molecule has 6 atom stereocenters. The van der Waals surface area contributed by atoms with E-state index in [1.165, 1.54) is 44.9 Å². The third-order valence-electron chi connectivity index (χ3n) is 8.42. The summed E-state index contributed by atoms with van der Waals surface area (Å²) in [5, 5.41) is 39.8. The summed E-state index contributed by atoms with van der Waals surface area (Å²) in [6.45, 7) is 3.23. The lowest BCUT2D eigenvalue weighted by Gasteiger charge is -2.39. The molecule has 1 rings (SSSR count). The van der Waals surface area contributed by atoms with Gasteiger partial charge in [0.05, 0.1) is 13.2 Å². The molecule has 0 aromatic carbocycles. The molecule has 0 bridgehead atoms. The molecule has 0 radical (unpaired) electrons. The third kappa shape index (κ3) is 24.3. The van der Waals surface area contributed by atoms with Crippen LogP contribution in [0.4, 0.5) is 0 Å². The maximum atomic E-state index is 12.6. The summed E-state index contributed by atoms with van der Waals surface area (Å²) >= 11 is 0. The number of hydrogen-bond acceptors (Lipinski definition) is 10. The van der Waals surface area contributed by atoms with Gasteiger partial charge in [-0.15, -0.1) is 0 Å². The Hall–Kier alpha value is -2.60. The molecule has 10 nitrogen and oxygen atoms in total.